The molecule has 0 saturated carbocycles. The molecule has 27 heavy (non-hydrogen) atoms. The van der Waals surface area contributed by atoms with Crippen molar-refractivity contribution in [3.05, 3.63) is 77.7 Å². The van der Waals surface area contributed by atoms with Gasteiger partial charge in [-0.25, -0.2) is 4.98 Å². The highest BCUT2D eigenvalue weighted by Gasteiger charge is 2.13. The number of nitrogens with two attached hydrogens (primary N) is 2. The van der Waals surface area contributed by atoms with Gasteiger partial charge >= 0.3 is 0 Å². The minimum absolute atomic E-state index is 0.0496. The van der Waals surface area contributed by atoms with E-state index in [9.17, 15) is 9.59 Å². The molecule has 3 rings (SSSR count). The maximum atomic E-state index is 12.2. The highest BCUT2D eigenvalue weighted by molar-refractivity contribution is 5.93. The molecule has 0 aliphatic rings. The van der Waals surface area contributed by atoms with E-state index in [1.54, 1.807) is 18.2 Å². The van der Waals surface area contributed by atoms with Crippen LogP contribution in [0.5, 0.6) is 0 Å². The number of anilines is 1. The second-order valence-electron chi connectivity index (χ2n) is 5.91. The molecular weight excluding hydrogens is 342 g/mol. The van der Waals surface area contributed by atoms with E-state index in [1.165, 1.54) is 6.20 Å². The molecule has 3 aromatic rings. The lowest BCUT2D eigenvalue weighted by molar-refractivity contribution is -0.115. The van der Waals surface area contributed by atoms with Gasteiger partial charge in [0, 0.05) is 17.8 Å². The molecule has 7 nitrogen and oxygen atoms in total. The van der Waals surface area contributed by atoms with Crippen LogP contribution in [0, 0.1) is 0 Å². The number of carbonyl (C=O) groups is 2. The summed E-state index contributed by atoms with van der Waals surface area (Å²) in [6, 6.07) is 16.6. The topological polar surface area (TPSA) is 124 Å². The van der Waals surface area contributed by atoms with Gasteiger partial charge in [-0.15, -0.1) is 0 Å². The van der Waals surface area contributed by atoms with Gasteiger partial charge in [0.2, 0.25) is 5.91 Å². The summed E-state index contributed by atoms with van der Waals surface area (Å²) in [7, 11) is 0. The summed E-state index contributed by atoms with van der Waals surface area (Å²) >= 11 is 0. The molecule has 0 aliphatic carbocycles. The van der Waals surface area contributed by atoms with E-state index in [0.717, 1.165) is 5.56 Å². The van der Waals surface area contributed by atoms with Crippen molar-refractivity contribution >= 4 is 17.5 Å². The molecule has 0 saturated heterocycles. The van der Waals surface area contributed by atoms with E-state index in [-0.39, 0.29) is 24.6 Å². The zero-order valence-electron chi connectivity index (χ0n) is 14.6. The highest BCUT2D eigenvalue weighted by atomic mass is 16.2. The van der Waals surface area contributed by atoms with Gasteiger partial charge in [0.15, 0.2) is 5.69 Å². The predicted molar refractivity (Wildman–Crippen MR) is 103 cm³/mol. The Morgan fingerprint density at radius 3 is 2.52 bits per heavy atom. The van der Waals surface area contributed by atoms with Crippen LogP contribution in [0.25, 0.3) is 11.3 Å². The Morgan fingerprint density at radius 1 is 1.04 bits per heavy atom. The molecule has 5 N–H and O–H groups in total. The molecule has 0 radical (unpaired) electrons. The van der Waals surface area contributed by atoms with Crippen molar-refractivity contribution in [2.24, 2.45) is 11.5 Å². The van der Waals surface area contributed by atoms with Crippen LogP contribution >= 0.6 is 0 Å². The van der Waals surface area contributed by atoms with E-state index in [1.807, 2.05) is 36.4 Å². The zero-order chi connectivity index (χ0) is 19.2. The smallest absolute Gasteiger partial charge is 0.269 e. The fraction of sp³-hybridized carbons (Fsp3) is 0.100. The lowest BCUT2D eigenvalue weighted by Gasteiger charge is -2.09. The largest absolute Gasteiger partial charge is 0.364 e. The number of carbonyl (C=O) groups excluding carboxylic acids is 2. The first kappa shape index (κ1) is 18.2. The number of hydrogen-bond acceptors (Lipinski definition) is 5. The van der Waals surface area contributed by atoms with E-state index < -0.39 is 5.91 Å². The summed E-state index contributed by atoms with van der Waals surface area (Å²) in [6.45, 7) is 0.0706. The Labute approximate surface area is 156 Å². The van der Waals surface area contributed by atoms with Crippen molar-refractivity contribution in [3.63, 3.8) is 0 Å². The number of aromatic nitrogens is 2. The van der Waals surface area contributed by atoms with Crippen LogP contribution in [0.15, 0.2) is 60.8 Å². The van der Waals surface area contributed by atoms with Crippen molar-refractivity contribution in [1.82, 2.24) is 9.97 Å². The summed E-state index contributed by atoms with van der Waals surface area (Å²) in [5.41, 5.74) is 14.0. The third-order valence-electron chi connectivity index (χ3n) is 3.92. The van der Waals surface area contributed by atoms with Gasteiger partial charge in [0.25, 0.3) is 5.91 Å². The Balaban J connectivity index is 1.80. The second-order valence-corrected chi connectivity index (χ2v) is 5.91. The van der Waals surface area contributed by atoms with E-state index in [2.05, 4.69) is 15.3 Å². The standard InChI is InChI=1S/C20H19N5O2/c21-11-16-19(20(22)27)25-17(12-23-16)14-7-4-8-15(10-14)24-18(26)9-13-5-2-1-3-6-13/h1-8,10,12H,9,11,21H2,(H2,22,27)(H,24,26). The Morgan fingerprint density at radius 2 is 1.81 bits per heavy atom. The average molecular weight is 361 g/mol. The molecular formula is C20H19N5O2. The van der Waals surface area contributed by atoms with Crippen molar-refractivity contribution in [2.45, 2.75) is 13.0 Å². The van der Waals surface area contributed by atoms with Crippen LogP contribution in [-0.2, 0) is 17.8 Å². The molecule has 7 heteroatoms. The van der Waals surface area contributed by atoms with Crippen LogP contribution in [0.2, 0.25) is 0 Å². The molecule has 1 aromatic heterocycles. The number of benzene rings is 2. The van der Waals surface area contributed by atoms with Crippen LogP contribution in [-0.4, -0.2) is 21.8 Å². The predicted octanol–water partition coefficient (Wildman–Crippen LogP) is 1.88. The monoisotopic (exact) mass is 361 g/mol. The number of primary amides is 1. The van der Waals surface area contributed by atoms with Gasteiger partial charge in [-0.2, -0.15) is 0 Å². The zero-order valence-corrected chi connectivity index (χ0v) is 14.6. The maximum absolute atomic E-state index is 12.2. The summed E-state index contributed by atoms with van der Waals surface area (Å²) < 4.78 is 0. The van der Waals surface area contributed by atoms with Crippen LogP contribution in [0.3, 0.4) is 0 Å². The van der Waals surface area contributed by atoms with Gasteiger partial charge in [0.1, 0.15) is 0 Å². The van der Waals surface area contributed by atoms with Crippen LogP contribution in [0.1, 0.15) is 21.7 Å². The summed E-state index contributed by atoms with van der Waals surface area (Å²) in [5, 5.41) is 2.86. The van der Waals surface area contributed by atoms with Crippen LogP contribution < -0.4 is 16.8 Å². The minimum atomic E-state index is -0.683. The molecule has 1 heterocycles. The molecule has 0 bridgehead atoms. The molecule has 0 aliphatic heterocycles. The summed E-state index contributed by atoms with van der Waals surface area (Å²) in [6.07, 6.45) is 1.81. The second kappa shape index (κ2) is 8.20. The average Bonchev–Trinajstić information content (AvgIpc) is 2.68. The lowest BCUT2D eigenvalue weighted by Crippen LogP contribution is -2.19. The van der Waals surface area contributed by atoms with Gasteiger partial charge in [-0.3, -0.25) is 14.6 Å². The van der Waals surface area contributed by atoms with E-state index in [4.69, 9.17) is 11.5 Å². The first-order chi connectivity index (χ1) is 13.1. The van der Waals surface area contributed by atoms with Crippen molar-refractivity contribution in [1.29, 1.82) is 0 Å². The van der Waals surface area contributed by atoms with Gasteiger partial charge in [-0.1, -0.05) is 42.5 Å². The fourth-order valence-corrected chi connectivity index (χ4v) is 2.64. The van der Waals surface area contributed by atoms with Crippen molar-refractivity contribution in [2.75, 3.05) is 5.32 Å². The summed E-state index contributed by atoms with van der Waals surface area (Å²) in [4.78, 5) is 32.2. The highest BCUT2D eigenvalue weighted by Crippen LogP contribution is 2.21. The number of amides is 2. The number of rotatable bonds is 6. The van der Waals surface area contributed by atoms with Crippen LogP contribution in [0.4, 0.5) is 5.69 Å². The van der Waals surface area contributed by atoms with Gasteiger partial charge < -0.3 is 16.8 Å². The number of nitrogens with one attached hydrogen (secondary N) is 1. The first-order valence-corrected chi connectivity index (χ1v) is 8.37. The molecule has 136 valence electrons. The molecule has 0 spiro atoms. The lowest BCUT2D eigenvalue weighted by atomic mass is 10.1. The normalized spacial score (nSPS) is 10.4. The molecule has 0 unspecified atom stereocenters. The molecule has 2 aromatic carbocycles. The molecule has 2 amide bonds. The van der Waals surface area contributed by atoms with Crippen molar-refractivity contribution < 1.29 is 9.59 Å². The first-order valence-electron chi connectivity index (χ1n) is 8.37. The van der Waals surface area contributed by atoms with E-state index >= 15 is 0 Å². The summed E-state index contributed by atoms with van der Waals surface area (Å²) in [5.74, 6) is -0.808. The maximum Gasteiger partial charge on any atom is 0.269 e. The third-order valence-corrected chi connectivity index (χ3v) is 3.92. The Kier molecular flexibility index (Phi) is 5.53. The fourth-order valence-electron chi connectivity index (χ4n) is 2.64. The third kappa shape index (κ3) is 4.53. The Bertz CT molecular complexity index is 973. The van der Waals surface area contributed by atoms with Gasteiger partial charge in [0.05, 0.1) is 24.0 Å². The Hall–Kier alpha value is -3.58. The van der Waals surface area contributed by atoms with E-state index in [0.29, 0.717) is 22.6 Å². The van der Waals surface area contributed by atoms with Crippen molar-refractivity contribution in [3.8, 4) is 11.3 Å². The number of nitrogens with zero attached hydrogens (tertiary/aromatic N) is 2. The molecule has 0 atom stereocenters. The SMILES string of the molecule is NCc1ncc(-c2cccc(NC(=O)Cc3ccccc3)c2)nc1C(N)=O. The number of hydrogen-bond donors (Lipinski definition) is 3. The quantitative estimate of drug-likeness (QED) is 0.618. The minimum Gasteiger partial charge on any atom is -0.364 e. The van der Waals surface area contributed by atoms with Gasteiger partial charge in [-0.05, 0) is 17.7 Å². The molecule has 0 fully saturated rings.